The first kappa shape index (κ1) is 23.8. The summed E-state index contributed by atoms with van der Waals surface area (Å²) in [6.07, 6.45) is 0.381. The molecule has 10 heteroatoms. The van der Waals surface area contributed by atoms with Crippen LogP contribution in [0.3, 0.4) is 0 Å². The van der Waals surface area contributed by atoms with E-state index in [1.165, 1.54) is 18.7 Å². The van der Waals surface area contributed by atoms with Crippen LogP contribution in [-0.2, 0) is 19.2 Å². The van der Waals surface area contributed by atoms with Gasteiger partial charge in [0.1, 0.15) is 12.1 Å². The molecule has 10 nitrogen and oxygen atoms in total. The van der Waals surface area contributed by atoms with Crippen molar-refractivity contribution in [2.75, 3.05) is 6.54 Å². The third-order valence-electron chi connectivity index (χ3n) is 5.17. The summed E-state index contributed by atoms with van der Waals surface area (Å²) in [4.78, 5) is 49.9. The zero-order valence-electron chi connectivity index (χ0n) is 16.8. The Kier molecular flexibility index (Phi) is 8.83. The molecular weight excluding hydrogens is 368 g/mol. The van der Waals surface area contributed by atoms with Gasteiger partial charge in [-0.05, 0) is 32.6 Å². The molecule has 1 heterocycles. The van der Waals surface area contributed by atoms with E-state index in [-0.39, 0.29) is 5.92 Å². The summed E-state index contributed by atoms with van der Waals surface area (Å²) in [6.45, 7) is 6.86. The molecule has 1 fully saturated rings. The van der Waals surface area contributed by atoms with Gasteiger partial charge in [0.25, 0.3) is 0 Å². The normalized spacial score (nSPS) is 21.9. The molecule has 1 aliphatic rings. The quantitative estimate of drug-likeness (QED) is 0.325. The highest BCUT2D eigenvalue weighted by atomic mass is 16.4. The number of nitrogens with two attached hydrogens (primary N) is 1. The van der Waals surface area contributed by atoms with Crippen molar-refractivity contribution in [3.05, 3.63) is 0 Å². The summed E-state index contributed by atoms with van der Waals surface area (Å²) in [5.74, 6) is -2.92. The van der Waals surface area contributed by atoms with Gasteiger partial charge in [0.15, 0.2) is 6.04 Å². The lowest BCUT2D eigenvalue weighted by molar-refractivity contribution is -0.147. The van der Waals surface area contributed by atoms with E-state index in [2.05, 4.69) is 10.6 Å². The van der Waals surface area contributed by atoms with Crippen molar-refractivity contribution in [3.8, 4) is 0 Å². The number of amides is 3. The highest BCUT2D eigenvalue weighted by Crippen LogP contribution is 2.19. The van der Waals surface area contributed by atoms with Crippen molar-refractivity contribution in [2.45, 2.75) is 77.2 Å². The summed E-state index contributed by atoms with van der Waals surface area (Å²) in [7, 11) is 0. The maximum atomic E-state index is 12.7. The molecule has 1 aliphatic heterocycles. The Morgan fingerprint density at radius 3 is 2.29 bits per heavy atom. The van der Waals surface area contributed by atoms with Gasteiger partial charge in [0, 0.05) is 6.54 Å². The molecule has 3 amide bonds. The van der Waals surface area contributed by atoms with Crippen LogP contribution in [-0.4, -0.2) is 75.6 Å². The second-order valence-electron chi connectivity index (χ2n) is 7.40. The van der Waals surface area contributed by atoms with Gasteiger partial charge < -0.3 is 31.5 Å². The number of nitrogens with zero attached hydrogens (tertiary/aromatic N) is 1. The molecule has 1 rings (SSSR count). The Balaban J connectivity index is 2.77. The molecule has 1 saturated heterocycles. The fourth-order valence-corrected chi connectivity index (χ4v) is 3.07. The van der Waals surface area contributed by atoms with E-state index < -0.39 is 54.0 Å². The molecule has 0 bridgehead atoms. The Labute approximate surface area is 164 Å². The smallest absolute Gasteiger partial charge is 0.328 e. The average Bonchev–Trinajstić information content (AvgIpc) is 3.12. The van der Waals surface area contributed by atoms with Gasteiger partial charge in [-0.1, -0.05) is 20.3 Å². The molecular formula is C18H32N4O6. The minimum Gasteiger partial charge on any atom is -0.480 e. The summed E-state index contributed by atoms with van der Waals surface area (Å²) in [5, 5.41) is 23.5. The van der Waals surface area contributed by atoms with Gasteiger partial charge in [0.2, 0.25) is 17.7 Å². The number of carboxylic acids is 1. The Bertz CT molecular complexity index is 597. The molecule has 0 spiro atoms. The van der Waals surface area contributed by atoms with Crippen LogP contribution in [0.4, 0.5) is 0 Å². The van der Waals surface area contributed by atoms with Gasteiger partial charge in [0.05, 0.1) is 12.1 Å². The Morgan fingerprint density at radius 1 is 1.18 bits per heavy atom. The first-order chi connectivity index (χ1) is 13.0. The molecule has 0 aliphatic carbocycles. The average molecular weight is 400 g/mol. The maximum absolute atomic E-state index is 12.7. The second-order valence-corrected chi connectivity index (χ2v) is 7.40. The van der Waals surface area contributed by atoms with E-state index in [1.807, 2.05) is 13.8 Å². The third kappa shape index (κ3) is 5.90. The lowest BCUT2D eigenvalue weighted by atomic mass is 9.99. The minimum atomic E-state index is -1.46. The number of rotatable bonds is 9. The standard InChI is InChI=1S/C18H32N4O6/c1-5-9(2)13(19)16(25)20-10(3)17(26)22-8-6-7-12(22)15(24)21-14(11(4)23)18(27)28/h9-14,23H,5-8,19H2,1-4H3,(H,20,25)(H,21,24)(H,27,28). The van der Waals surface area contributed by atoms with Crippen molar-refractivity contribution in [3.63, 3.8) is 0 Å². The van der Waals surface area contributed by atoms with Gasteiger partial charge >= 0.3 is 5.97 Å². The summed E-state index contributed by atoms with van der Waals surface area (Å²) in [5.41, 5.74) is 5.88. The van der Waals surface area contributed by atoms with Crippen LogP contribution in [0.1, 0.15) is 47.0 Å². The predicted octanol–water partition coefficient (Wildman–Crippen LogP) is -1.19. The van der Waals surface area contributed by atoms with Crippen molar-refractivity contribution in [2.24, 2.45) is 11.7 Å². The van der Waals surface area contributed by atoms with E-state index in [0.29, 0.717) is 19.4 Å². The van der Waals surface area contributed by atoms with E-state index in [1.54, 1.807) is 0 Å². The van der Waals surface area contributed by atoms with E-state index in [9.17, 15) is 24.3 Å². The molecule has 0 aromatic rings. The molecule has 160 valence electrons. The van der Waals surface area contributed by atoms with Gasteiger partial charge in [-0.25, -0.2) is 4.79 Å². The molecule has 0 saturated carbocycles. The topological polar surface area (TPSA) is 162 Å². The number of hydrogen-bond acceptors (Lipinski definition) is 6. The number of aliphatic hydroxyl groups excluding tert-OH is 1. The van der Waals surface area contributed by atoms with Crippen LogP contribution in [0.5, 0.6) is 0 Å². The zero-order chi connectivity index (χ0) is 21.6. The number of aliphatic carboxylic acids is 1. The van der Waals surface area contributed by atoms with Crippen LogP contribution < -0.4 is 16.4 Å². The second kappa shape index (κ2) is 10.4. The van der Waals surface area contributed by atoms with E-state index in [0.717, 1.165) is 6.42 Å². The predicted molar refractivity (Wildman–Crippen MR) is 101 cm³/mol. The summed E-state index contributed by atoms with van der Waals surface area (Å²) >= 11 is 0. The summed E-state index contributed by atoms with van der Waals surface area (Å²) in [6, 6.07) is -3.92. The maximum Gasteiger partial charge on any atom is 0.328 e. The lowest BCUT2D eigenvalue weighted by Gasteiger charge is -2.29. The molecule has 6 atom stereocenters. The third-order valence-corrected chi connectivity index (χ3v) is 5.17. The van der Waals surface area contributed by atoms with Gasteiger partial charge in [-0.3, -0.25) is 14.4 Å². The molecule has 0 aromatic carbocycles. The minimum absolute atomic E-state index is 0.0407. The highest BCUT2D eigenvalue weighted by Gasteiger charge is 2.38. The molecule has 6 unspecified atom stereocenters. The number of carboxylic acid groups (broad SMARTS) is 1. The summed E-state index contributed by atoms with van der Waals surface area (Å²) < 4.78 is 0. The SMILES string of the molecule is CCC(C)C(N)C(=O)NC(C)C(=O)N1CCCC1C(=O)NC(C(=O)O)C(C)O. The number of hydrogen-bond donors (Lipinski definition) is 5. The van der Waals surface area contributed by atoms with E-state index in [4.69, 9.17) is 10.8 Å². The van der Waals surface area contributed by atoms with Crippen molar-refractivity contribution in [1.82, 2.24) is 15.5 Å². The molecule has 0 radical (unpaired) electrons. The molecule has 28 heavy (non-hydrogen) atoms. The first-order valence-electron chi connectivity index (χ1n) is 9.58. The van der Waals surface area contributed by atoms with Crippen LogP contribution >= 0.6 is 0 Å². The van der Waals surface area contributed by atoms with Crippen molar-refractivity contribution >= 4 is 23.7 Å². The van der Waals surface area contributed by atoms with Crippen LogP contribution in [0.25, 0.3) is 0 Å². The lowest BCUT2D eigenvalue weighted by Crippen LogP contribution is -2.57. The fraction of sp³-hybridized carbons (Fsp3) is 0.778. The zero-order valence-corrected chi connectivity index (χ0v) is 16.8. The van der Waals surface area contributed by atoms with Crippen LogP contribution in [0, 0.1) is 5.92 Å². The number of aliphatic hydroxyl groups is 1. The van der Waals surface area contributed by atoms with Crippen LogP contribution in [0.2, 0.25) is 0 Å². The number of likely N-dealkylation sites (tertiary alicyclic amines) is 1. The Morgan fingerprint density at radius 2 is 1.79 bits per heavy atom. The largest absolute Gasteiger partial charge is 0.480 e. The molecule has 0 aromatic heterocycles. The fourth-order valence-electron chi connectivity index (χ4n) is 3.07. The van der Waals surface area contributed by atoms with Crippen molar-refractivity contribution < 1.29 is 29.4 Å². The number of nitrogens with one attached hydrogen (secondary N) is 2. The van der Waals surface area contributed by atoms with E-state index >= 15 is 0 Å². The highest BCUT2D eigenvalue weighted by molar-refractivity contribution is 5.94. The number of carbonyl (C=O) groups is 4. The molecule has 6 N–H and O–H groups in total. The van der Waals surface area contributed by atoms with Gasteiger partial charge in [-0.15, -0.1) is 0 Å². The van der Waals surface area contributed by atoms with Gasteiger partial charge in [-0.2, -0.15) is 0 Å². The number of carbonyl (C=O) groups excluding carboxylic acids is 3. The first-order valence-corrected chi connectivity index (χ1v) is 9.58. The monoisotopic (exact) mass is 400 g/mol. The Hall–Kier alpha value is -2.20. The van der Waals surface area contributed by atoms with Crippen LogP contribution in [0.15, 0.2) is 0 Å². The van der Waals surface area contributed by atoms with Crippen molar-refractivity contribution in [1.29, 1.82) is 0 Å².